The second-order valence-electron chi connectivity index (χ2n) is 6.44. The van der Waals surface area contributed by atoms with Crippen LogP contribution >= 0.6 is 0 Å². The van der Waals surface area contributed by atoms with Gasteiger partial charge in [0.05, 0.1) is 16.8 Å². The molecule has 0 bridgehead atoms. The van der Waals surface area contributed by atoms with E-state index in [0.717, 1.165) is 12.1 Å². The van der Waals surface area contributed by atoms with Gasteiger partial charge in [-0.25, -0.2) is 9.59 Å². The smallest absolute Gasteiger partial charge is 0.420 e. The Kier molecular flexibility index (Phi) is 4.97. The van der Waals surface area contributed by atoms with Gasteiger partial charge in [-0.1, -0.05) is 12.1 Å². The summed E-state index contributed by atoms with van der Waals surface area (Å²) in [7, 11) is 0. The van der Waals surface area contributed by atoms with Crippen LogP contribution < -0.4 is 5.32 Å². The van der Waals surface area contributed by atoms with Crippen molar-refractivity contribution in [3.63, 3.8) is 0 Å². The Balaban J connectivity index is 1.60. The predicted molar refractivity (Wildman–Crippen MR) is 98.4 cm³/mol. The van der Waals surface area contributed by atoms with E-state index in [1.165, 1.54) is 12.1 Å². The minimum absolute atomic E-state index is 0.0229. The SMILES string of the molecule is O=C(O)N1C(=O)OCC1c1nnc(-c2ccccc2Nc2ccc(C(F)(F)F)cc2)o1. The van der Waals surface area contributed by atoms with Crippen molar-refractivity contribution in [1.82, 2.24) is 15.1 Å². The van der Waals surface area contributed by atoms with Crippen LogP contribution in [-0.4, -0.2) is 39.0 Å². The highest BCUT2D eigenvalue weighted by atomic mass is 19.4. The molecule has 1 aromatic heterocycles. The number of nitrogens with one attached hydrogen (secondary N) is 1. The summed E-state index contributed by atoms with van der Waals surface area (Å²) in [6, 6.07) is 10.1. The van der Waals surface area contributed by atoms with Gasteiger partial charge < -0.3 is 19.6 Å². The first-order chi connectivity index (χ1) is 14.7. The molecule has 2 N–H and O–H groups in total. The Bertz CT molecular complexity index is 1130. The molecule has 9 nitrogen and oxygen atoms in total. The number of alkyl halides is 3. The molecule has 2 heterocycles. The predicted octanol–water partition coefficient (Wildman–Crippen LogP) is 4.67. The first-order valence-corrected chi connectivity index (χ1v) is 8.80. The van der Waals surface area contributed by atoms with Gasteiger partial charge in [-0.3, -0.25) is 0 Å². The fraction of sp³-hybridized carbons (Fsp3) is 0.158. The van der Waals surface area contributed by atoms with E-state index in [9.17, 15) is 27.9 Å². The number of ether oxygens (including phenoxy) is 1. The lowest BCUT2D eigenvalue weighted by Crippen LogP contribution is -2.32. The number of halogens is 3. The number of anilines is 2. The number of cyclic esters (lactones) is 1. The summed E-state index contributed by atoms with van der Waals surface area (Å²) in [5.74, 6) is -0.109. The van der Waals surface area contributed by atoms with Gasteiger partial charge in [-0.05, 0) is 36.4 Å². The molecule has 160 valence electrons. The Labute approximate surface area is 172 Å². The highest BCUT2D eigenvalue weighted by Gasteiger charge is 2.42. The zero-order valence-electron chi connectivity index (χ0n) is 15.5. The van der Waals surface area contributed by atoms with Crippen LogP contribution in [0, 0.1) is 0 Å². The first-order valence-electron chi connectivity index (χ1n) is 8.80. The van der Waals surface area contributed by atoms with Crippen molar-refractivity contribution in [3.05, 3.63) is 60.0 Å². The zero-order valence-corrected chi connectivity index (χ0v) is 15.5. The van der Waals surface area contributed by atoms with Gasteiger partial charge in [0.1, 0.15) is 6.61 Å². The number of hydrogen-bond acceptors (Lipinski definition) is 7. The summed E-state index contributed by atoms with van der Waals surface area (Å²) in [6.45, 7) is -0.266. The average Bonchev–Trinajstić information content (AvgIpc) is 3.35. The van der Waals surface area contributed by atoms with Gasteiger partial charge in [-0.15, -0.1) is 10.2 Å². The Morgan fingerprint density at radius 1 is 1.13 bits per heavy atom. The topological polar surface area (TPSA) is 118 Å². The van der Waals surface area contributed by atoms with Crippen molar-refractivity contribution in [2.24, 2.45) is 0 Å². The number of carboxylic acid groups (broad SMARTS) is 1. The molecule has 1 unspecified atom stereocenters. The molecule has 0 saturated carbocycles. The molecule has 1 atom stereocenters. The van der Waals surface area contributed by atoms with Crippen molar-refractivity contribution < 1.29 is 37.0 Å². The first kappa shape index (κ1) is 20.2. The largest absolute Gasteiger partial charge is 0.464 e. The number of imide groups is 1. The summed E-state index contributed by atoms with van der Waals surface area (Å²) < 4.78 is 48.5. The quantitative estimate of drug-likeness (QED) is 0.608. The van der Waals surface area contributed by atoms with Crippen LogP contribution in [0.25, 0.3) is 11.5 Å². The summed E-state index contributed by atoms with van der Waals surface area (Å²) in [6.07, 6.45) is -7.00. The van der Waals surface area contributed by atoms with E-state index in [1.807, 2.05) is 0 Å². The molecule has 12 heteroatoms. The lowest BCUT2D eigenvalue weighted by atomic mass is 10.1. The van der Waals surface area contributed by atoms with E-state index in [2.05, 4.69) is 15.5 Å². The molecule has 1 saturated heterocycles. The maximum absolute atomic E-state index is 12.7. The minimum Gasteiger partial charge on any atom is -0.464 e. The van der Waals surface area contributed by atoms with Gasteiger partial charge in [0, 0.05) is 5.69 Å². The molecule has 0 aliphatic carbocycles. The van der Waals surface area contributed by atoms with Crippen LogP contribution in [0.3, 0.4) is 0 Å². The van der Waals surface area contributed by atoms with Crippen molar-refractivity contribution in [1.29, 1.82) is 0 Å². The van der Waals surface area contributed by atoms with Gasteiger partial charge in [0.2, 0.25) is 11.8 Å². The van der Waals surface area contributed by atoms with Crippen molar-refractivity contribution in [2.75, 3.05) is 11.9 Å². The van der Waals surface area contributed by atoms with Crippen LogP contribution in [0.15, 0.2) is 52.9 Å². The van der Waals surface area contributed by atoms with Gasteiger partial charge in [0.25, 0.3) is 0 Å². The number of hydrogen-bond donors (Lipinski definition) is 2. The molecule has 1 fully saturated rings. The second kappa shape index (κ2) is 7.63. The standard InChI is InChI=1S/C19H13F3N4O5/c20-19(21,22)10-5-7-11(8-6-10)23-13-4-2-1-3-12(13)15-24-25-16(31-15)14-9-30-18(29)26(14)17(27)28/h1-8,14,23H,9H2,(H,27,28). The molecule has 0 radical (unpaired) electrons. The molecule has 3 aromatic rings. The zero-order chi connectivity index (χ0) is 22.2. The molecule has 0 spiro atoms. The molecular weight excluding hydrogens is 421 g/mol. The van der Waals surface area contributed by atoms with Crippen LogP contribution in [0.5, 0.6) is 0 Å². The monoisotopic (exact) mass is 434 g/mol. The summed E-state index contributed by atoms with van der Waals surface area (Å²) >= 11 is 0. The third kappa shape index (κ3) is 3.99. The van der Waals surface area contributed by atoms with Gasteiger partial charge in [0.15, 0.2) is 6.04 Å². The number of aromatic nitrogens is 2. The van der Waals surface area contributed by atoms with E-state index in [-0.39, 0.29) is 18.4 Å². The average molecular weight is 434 g/mol. The molecule has 4 rings (SSSR count). The second-order valence-corrected chi connectivity index (χ2v) is 6.44. The number of amides is 2. The van der Waals surface area contributed by atoms with Crippen LogP contribution in [-0.2, 0) is 10.9 Å². The number of nitrogens with zero attached hydrogens (tertiary/aromatic N) is 3. The normalized spacial score (nSPS) is 16.3. The van der Waals surface area contributed by atoms with E-state index in [4.69, 9.17) is 9.15 Å². The maximum Gasteiger partial charge on any atom is 0.420 e. The number of carbonyl (C=O) groups is 2. The molecule has 31 heavy (non-hydrogen) atoms. The van der Waals surface area contributed by atoms with Crippen molar-refractivity contribution in [3.8, 4) is 11.5 Å². The third-order valence-electron chi connectivity index (χ3n) is 4.45. The van der Waals surface area contributed by atoms with E-state index < -0.39 is 30.0 Å². The Morgan fingerprint density at radius 3 is 2.52 bits per heavy atom. The summed E-state index contributed by atoms with van der Waals surface area (Å²) in [5.41, 5.74) is 0.510. The van der Waals surface area contributed by atoms with Crippen LogP contribution in [0.4, 0.5) is 34.1 Å². The highest BCUT2D eigenvalue weighted by Crippen LogP contribution is 2.34. The van der Waals surface area contributed by atoms with Gasteiger partial charge in [-0.2, -0.15) is 18.1 Å². The van der Waals surface area contributed by atoms with Crippen molar-refractivity contribution in [2.45, 2.75) is 12.2 Å². The summed E-state index contributed by atoms with van der Waals surface area (Å²) in [4.78, 5) is 23.3. The highest BCUT2D eigenvalue weighted by molar-refractivity contribution is 5.88. The Morgan fingerprint density at radius 2 is 1.84 bits per heavy atom. The fourth-order valence-corrected chi connectivity index (χ4v) is 2.97. The molecule has 1 aliphatic rings. The molecule has 1 aliphatic heterocycles. The van der Waals surface area contributed by atoms with E-state index in [1.54, 1.807) is 24.3 Å². The minimum atomic E-state index is -4.44. The van der Waals surface area contributed by atoms with Crippen molar-refractivity contribution >= 4 is 23.6 Å². The lowest BCUT2D eigenvalue weighted by molar-refractivity contribution is -0.137. The molecular formula is C19H13F3N4O5. The lowest BCUT2D eigenvalue weighted by Gasteiger charge is -2.12. The molecule has 2 aromatic carbocycles. The third-order valence-corrected chi connectivity index (χ3v) is 4.45. The fourth-order valence-electron chi connectivity index (χ4n) is 2.97. The van der Waals surface area contributed by atoms with Crippen LogP contribution in [0.1, 0.15) is 17.5 Å². The number of carbonyl (C=O) groups excluding carboxylic acids is 1. The van der Waals surface area contributed by atoms with E-state index >= 15 is 0 Å². The Hall–Kier alpha value is -4.09. The maximum atomic E-state index is 12.7. The van der Waals surface area contributed by atoms with Gasteiger partial charge >= 0.3 is 18.4 Å². The number of para-hydroxylation sites is 1. The summed E-state index contributed by atoms with van der Waals surface area (Å²) in [5, 5.41) is 19.9. The number of benzene rings is 2. The number of rotatable bonds is 4. The van der Waals surface area contributed by atoms with E-state index in [0.29, 0.717) is 21.8 Å². The molecule has 2 amide bonds. The van der Waals surface area contributed by atoms with Crippen LogP contribution in [0.2, 0.25) is 0 Å².